The van der Waals surface area contributed by atoms with Gasteiger partial charge in [-0.3, -0.25) is 0 Å². The maximum Gasteiger partial charge on any atom is 0.0754 e. The standard InChI is InChI=1S/C82H54N2/c1-83-76-46-18-16-42-72(76)81(68-38-12-8-28-57(68)58-29-9-13-39-69(58)81)74-44-22-36-63(79(74)83)55-32-20-34-61-66(55)50-67-56(33-21-35-62(67)78(61)53-48-52-26-6-7-27-54(52)65(49-53)51-24-4-3-5-25-51)64-37-23-45-75-80(64)84(2)77-47-19-17-43-73(77)82(75)70-40-14-10-30-59(70)60-31-11-15-41-71(60)82/h3-50H,1-2H3. The lowest BCUT2D eigenvalue weighted by molar-refractivity contribution is 0.749. The molecule has 0 unspecified atom stereocenters. The quantitative estimate of drug-likeness (QED) is 0.162. The molecular weight excluding hydrogens is 1010 g/mol. The number of hydrogen-bond donors (Lipinski definition) is 0. The molecule has 392 valence electrons. The summed E-state index contributed by atoms with van der Waals surface area (Å²) in [5.74, 6) is 0. The predicted molar refractivity (Wildman–Crippen MR) is 351 cm³/mol. The van der Waals surface area contributed by atoms with Crippen molar-refractivity contribution in [3.63, 3.8) is 0 Å². The van der Waals surface area contributed by atoms with Crippen molar-refractivity contribution in [2.75, 3.05) is 23.9 Å². The third kappa shape index (κ3) is 6.03. The molecule has 84 heavy (non-hydrogen) atoms. The van der Waals surface area contributed by atoms with Gasteiger partial charge in [-0.25, -0.2) is 0 Å². The molecule has 0 bridgehead atoms. The summed E-state index contributed by atoms with van der Waals surface area (Å²) < 4.78 is 0. The third-order valence-corrected chi connectivity index (χ3v) is 19.6. The van der Waals surface area contributed by atoms with Crippen molar-refractivity contribution in [3.05, 3.63) is 336 Å². The molecule has 2 nitrogen and oxygen atoms in total. The highest BCUT2D eigenvalue weighted by Crippen LogP contribution is 2.66. The fourth-order valence-electron chi connectivity index (χ4n) is 16.4. The minimum atomic E-state index is -0.537. The van der Waals surface area contributed by atoms with E-state index < -0.39 is 10.8 Å². The molecule has 0 saturated heterocycles. The molecule has 0 aromatic heterocycles. The molecule has 14 aromatic rings. The maximum atomic E-state index is 2.55. The van der Waals surface area contributed by atoms with Gasteiger partial charge in [-0.2, -0.15) is 0 Å². The summed E-state index contributed by atoms with van der Waals surface area (Å²) >= 11 is 0. The molecular formula is C82H54N2. The van der Waals surface area contributed by atoms with Crippen LogP contribution in [-0.2, 0) is 10.8 Å². The van der Waals surface area contributed by atoms with E-state index in [9.17, 15) is 0 Å². The minimum absolute atomic E-state index is 0.537. The molecule has 0 amide bonds. The Morgan fingerprint density at radius 1 is 0.226 bits per heavy atom. The van der Waals surface area contributed by atoms with Crippen LogP contribution < -0.4 is 9.80 Å². The van der Waals surface area contributed by atoms with Crippen LogP contribution in [0.25, 0.3) is 99.1 Å². The zero-order valence-electron chi connectivity index (χ0n) is 46.6. The fourth-order valence-corrected chi connectivity index (χ4v) is 16.4. The van der Waals surface area contributed by atoms with E-state index in [0.29, 0.717) is 0 Å². The Morgan fingerprint density at radius 3 is 1.07 bits per heavy atom. The average molecular weight is 1070 g/mol. The summed E-state index contributed by atoms with van der Waals surface area (Å²) in [4.78, 5) is 4.96. The van der Waals surface area contributed by atoms with Crippen molar-refractivity contribution < 1.29 is 0 Å². The highest BCUT2D eigenvalue weighted by atomic mass is 15.1. The van der Waals surface area contributed by atoms with Gasteiger partial charge in [-0.15, -0.1) is 0 Å². The van der Waals surface area contributed by atoms with Crippen molar-refractivity contribution in [1.29, 1.82) is 0 Å². The first kappa shape index (κ1) is 47.1. The van der Waals surface area contributed by atoms with Crippen molar-refractivity contribution in [2.45, 2.75) is 10.8 Å². The summed E-state index contributed by atoms with van der Waals surface area (Å²) in [5, 5.41) is 7.31. The van der Waals surface area contributed by atoms with E-state index in [1.807, 2.05) is 0 Å². The predicted octanol–water partition coefficient (Wildman–Crippen LogP) is 20.7. The Balaban J connectivity index is 0.960. The summed E-state index contributed by atoms with van der Waals surface area (Å²) in [6, 6.07) is 110. The van der Waals surface area contributed by atoms with Gasteiger partial charge in [-0.1, -0.05) is 261 Å². The lowest BCUT2D eigenvalue weighted by Gasteiger charge is -2.44. The number of hydrogen-bond acceptors (Lipinski definition) is 2. The molecule has 0 saturated carbocycles. The first-order chi connectivity index (χ1) is 41.5. The van der Waals surface area contributed by atoms with Crippen LogP contribution in [0.3, 0.4) is 0 Å². The molecule has 2 aliphatic heterocycles. The Bertz CT molecular complexity index is 4790. The van der Waals surface area contributed by atoms with Crippen molar-refractivity contribution >= 4 is 55.1 Å². The van der Waals surface area contributed by atoms with E-state index in [4.69, 9.17) is 0 Å². The van der Waals surface area contributed by atoms with Crippen molar-refractivity contribution in [1.82, 2.24) is 0 Å². The van der Waals surface area contributed by atoms with Crippen LogP contribution in [0.1, 0.15) is 44.5 Å². The van der Waals surface area contributed by atoms with E-state index in [2.05, 4.69) is 315 Å². The SMILES string of the molecule is CN1c2ccccc2C2(c3ccccc3-c3ccccc32)c2cccc(-c3cccc4c(-c5cc(-c6ccccc6)c6ccccc6c5)c5cccc(-c6cccc7c6N(C)c6ccccc6C76c7ccccc7-c7ccccc76)c5cc34)c21. The monoisotopic (exact) mass is 1070 g/mol. The molecule has 2 heterocycles. The first-order valence-electron chi connectivity index (χ1n) is 29.4. The second-order valence-electron chi connectivity index (χ2n) is 23.4. The second kappa shape index (κ2) is 17.5. The van der Waals surface area contributed by atoms with Gasteiger partial charge in [0.25, 0.3) is 0 Å². The molecule has 0 radical (unpaired) electrons. The number of benzene rings is 14. The summed E-state index contributed by atoms with van der Waals surface area (Å²) in [5.41, 5.74) is 29.2. The molecule has 0 fully saturated rings. The summed E-state index contributed by atoms with van der Waals surface area (Å²) in [6.07, 6.45) is 0. The highest BCUT2D eigenvalue weighted by molar-refractivity contribution is 6.21. The number of para-hydroxylation sites is 4. The van der Waals surface area contributed by atoms with E-state index in [1.165, 1.54) is 166 Å². The number of rotatable bonds is 4. The van der Waals surface area contributed by atoms with Crippen LogP contribution in [0, 0.1) is 0 Å². The van der Waals surface area contributed by atoms with Crippen LogP contribution >= 0.6 is 0 Å². The zero-order chi connectivity index (χ0) is 55.4. The summed E-state index contributed by atoms with van der Waals surface area (Å²) in [6.45, 7) is 0. The second-order valence-corrected chi connectivity index (χ2v) is 23.4. The lowest BCUT2D eigenvalue weighted by atomic mass is 9.64. The molecule has 0 atom stereocenters. The Kier molecular flexibility index (Phi) is 9.81. The van der Waals surface area contributed by atoms with Gasteiger partial charge in [0, 0.05) is 36.6 Å². The third-order valence-electron chi connectivity index (χ3n) is 19.6. The van der Waals surface area contributed by atoms with Crippen molar-refractivity contribution in [3.8, 4) is 66.8 Å². The van der Waals surface area contributed by atoms with Crippen LogP contribution in [0.4, 0.5) is 22.7 Å². The molecule has 18 rings (SSSR count). The first-order valence-corrected chi connectivity index (χ1v) is 29.4. The zero-order valence-corrected chi connectivity index (χ0v) is 46.6. The topological polar surface area (TPSA) is 6.48 Å². The van der Waals surface area contributed by atoms with Gasteiger partial charge in [0.1, 0.15) is 0 Å². The molecule has 2 spiro atoms. The molecule has 2 heteroatoms. The van der Waals surface area contributed by atoms with Crippen LogP contribution in [0.2, 0.25) is 0 Å². The normalized spacial score (nSPS) is 14.2. The van der Waals surface area contributed by atoms with Crippen LogP contribution in [-0.4, -0.2) is 14.1 Å². The highest BCUT2D eigenvalue weighted by Gasteiger charge is 2.53. The molecule has 4 aliphatic rings. The average Bonchev–Trinajstić information content (AvgIpc) is 1.99. The van der Waals surface area contributed by atoms with Gasteiger partial charge in [0.05, 0.1) is 22.2 Å². The number of fused-ring (bicyclic) bond motifs is 21. The largest absolute Gasteiger partial charge is 0.344 e. The van der Waals surface area contributed by atoms with Gasteiger partial charge in [0.2, 0.25) is 0 Å². The number of nitrogens with zero attached hydrogens (tertiary/aromatic N) is 2. The van der Waals surface area contributed by atoms with E-state index >= 15 is 0 Å². The summed E-state index contributed by atoms with van der Waals surface area (Å²) in [7, 11) is 4.57. The Morgan fingerprint density at radius 2 is 0.583 bits per heavy atom. The van der Waals surface area contributed by atoms with Crippen LogP contribution in [0.15, 0.2) is 291 Å². The van der Waals surface area contributed by atoms with Crippen LogP contribution in [0.5, 0.6) is 0 Å². The lowest BCUT2D eigenvalue weighted by Crippen LogP contribution is -2.36. The molecule has 0 N–H and O–H groups in total. The maximum absolute atomic E-state index is 2.55. The minimum Gasteiger partial charge on any atom is -0.344 e. The van der Waals surface area contributed by atoms with E-state index in [0.717, 1.165) is 0 Å². The molecule has 2 aliphatic carbocycles. The number of anilines is 4. The van der Waals surface area contributed by atoms with Gasteiger partial charge in [-0.05, 0) is 163 Å². The van der Waals surface area contributed by atoms with E-state index in [-0.39, 0.29) is 0 Å². The Hall–Kier alpha value is -10.5. The Labute approximate surface area is 489 Å². The van der Waals surface area contributed by atoms with Gasteiger partial charge in [0.15, 0.2) is 0 Å². The van der Waals surface area contributed by atoms with Crippen molar-refractivity contribution in [2.24, 2.45) is 0 Å². The van der Waals surface area contributed by atoms with E-state index in [1.54, 1.807) is 0 Å². The van der Waals surface area contributed by atoms with Gasteiger partial charge >= 0.3 is 0 Å². The fraction of sp³-hybridized carbons (Fsp3) is 0.0488. The molecule has 14 aromatic carbocycles. The smallest absolute Gasteiger partial charge is 0.0754 e. The van der Waals surface area contributed by atoms with Gasteiger partial charge < -0.3 is 9.80 Å².